The van der Waals surface area contributed by atoms with Gasteiger partial charge in [0.15, 0.2) is 11.2 Å². The molecule has 1 N–H and O–H groups in total. The van der Waals surface area contributed by atoms with Crippen molar-refractivity contribution in [2.24, 2.45) is 0 Å². The second kappa shape index (κ2) is 7.86. The van der Waals surface area contributed by atoms with Gasteiger partial charge in [-0.1, -0.05) is 30.7 Å². The first-order valence-electron chi connectivity index (χ1n) is 9.84. The molecule has 158 valence electrons. The van der Waals surface area contributed by atoms with Gasteiger partial charge in [0.1, 0.15) is 5.52 Å². The van der Waals surface area contributed by atoms with Gasteiger partial charge in [0.25, 0.3) is 11.5 Å². The summed E-state index contributed by atoms with van der Waals surface area (Å²) in [4.78, 5) is 29.3. The van der Waals surface area contributed by atoms with Crippen molar-refractivity contribution in [3.05, 3.63) is 87.7 Å². The van der Waals surface area contributed by atoms with Crippen molar-refractivity contribution in [3.63, 3.8) is 0 Å². The van der Waals surface area contributed by atoms with E-state index in [0.29, 0.717) is 28.2 Å². The maximum Gasteiger partial charge on any atom is 0.299 e. The van der Waals surface area contributed by atoms with Gasteiger partial charge in [-0.3, -0.25) is 20.0 Å². The number of rotatable bonds is 4. The Morgan fingerprint density at radius 3 is 2.66 bits per heavy atom. The van der Waals surface area contributed by atoms with Gasteiger partial charge in [-0.2, -0.15) is 5.10 Å². The molecular formula is C22H16ClN7O2. The third kappa shape index (κ3) is 3.28. The summed E-state index contributed by atoms with van der Waals surface area (Å²) in [7, 11) is 0. The molecule has 4 heterocycles. The lowest BCUT2D eigenvalue weighted by atomic mass is 10.0. The van der Waals surface area contributed by atoms with E-state index in [2.05, 4.69) is 25.7 Å². The topological polar surface area (TPSA) is 107 Å². The number of aryl methyl sites for hydroxylation is 1. The Bertz CT molecular complexity index is 1530. The van der Waals surface area contributed by atoms with E-state index in [-0.39, 0.29) is 5.52 Å². The molecule has 0 saturated carbocycles. The highest BCUT2D eigenvalue weighted by Gasteiger charge is 2.19. The molecule has 9 nitrogen and oxygen atoms in total. The highest BCUT2D eigenvalue weighted by Crippen LogP contribution is 2.29. The van der Waals surface area contributed by atoms with Gasteiger partial charge in [-0.25, -0.2) is 9.19 Å². The van der Waals surface area contributed by atoms with E-state index >= 15 is 0 Å². The molecule has 0 aliphatic rings. The zero-order chi connectivity index (χ0) is 22.2. The molecule has 0 aliphatic heterocycles. The van der Waals surface area contributed by atoms with Crippen LogP contribution in [0.4, 0.5) is 0 Å². The zero-order valence-corrected chi connectivity index (χ0v) is 17.6. The summed E-state index contributed by atoms with van der Waals surface area (Å²) in [5, 5.41) is 13.8. The van der Waals surface area contributed by atoms with Crippen LogP contribution in [0.3, 0.4) is 0 Å². The number of carbonyl (C=O) groups is 1. The van der Waals surface area contributed by atoms with Crippen LogP contribution in [0.5, 0.6) is 0 Å². The molecule has 0 fully saturated rings. The smallest absolute Gasteiger partial charge is 0.267 e. The number of hydrogen-bond acceptors (Lipinski definition) is 6. The average Bonchev–Trinajstić information content (AvgIpc) is 3.21. The fraction of sp³-hybridized carbons (Fsp3) is 0.0909. The van der Waals surface area contributed by atoms with Gasteiger partial charge in [0.2, 0.25) is 0 Å². The van der Waals surface area contributed by atoms with Gasteiger partial charge in [0, 0.05) is 23.6 Å². The molecule has 5 rings (SSSR count). The number of hydrogen-bond donors (Lipinski definition) is 1. The number of fused-ring (bicyclic) bond motifs is 3. The Hall–Kier alpha value is -4.11. The molecule has 32 heavy (non-hydrogen) atoms. The van der Waals surface area contributed by atoms with Crippen LogP contribution in [0, 0.1) is 0 Å². The van der Waals surface area contributed by atoms with Crippen LogP contribution >= 0.6 is 11.6 Å². The van der Waals surface area contributed by atoms with E-state index < -0.39 is 11.5 Å². The molecule has 0 spiro atoms. The Morgan fingerprint density at radius 2 is 1.94 bits per heavy atom. The standard InChI is InChI=1S/C22H16ClN7O2/c1-2-16-18(13-5-7-15(23)8-6-13)20-26-25-19-17(30(20)27-16)9-11-29(22(19)32)28-21(31)14-4-3-10-24-12-14/h3-12H,2H2,1H3,(H,28,31). The number of amides is 1. The molecule has 0 aliphatic carbocycles. The summed E-state index contributed by atoms with van der Waals surface area (Å²) >= 11 is 6.03. The summed E-state index contributed by atoms with van der Waals surface area (Å²) in [6.07, 6.45) is 5.11. The minimum atomic E-state index is -0.518. The van der Waals surface area contributed by atoms with E-state index in [4.69, 9.17) is 11.6 Å². The molecule has 0 radical (unpaired) electrons. The first-order chi connectivity index (χ1) is 15.6. The fourth-order valence-corrected chi connectivity index (χ4v) is 3.64. The molecular weight excluding hydrogens is 430 g/mol. The SMILES string of the molecule is CCc1nn2c(nnc3c(=O)n(NC(=O)c4cccnc4)ccc32)c1-c1ccc(Cl)cc1. The van der Waals surface area contributed by atoms with Crippen LogP contribution in [0.2, 0.25) is 5.02 Å². The number of carbonyl (C=O) groups excluding carboxylic acids is 1. The van der Waals surface area contributed by atoms with Crippen LogP contribution in [0.25, 0.3) is 27.8 Å². The minimum absolute atomic E-state index is 0.0827. The van der Waals surface area contributed by atoms with Crippen LogP contribution in [0.15, 0.2) is 65.8 Å². The highest BCUT2D eigenvalue weighted by molar-refractivity contribution is 6.30. The van der Waals surface area contributed by atoms with Crippen molar-refractivity contribution in [1.82, 2.24) is 29.5 Å². The third-order valence-electron chi connectivity index (χ3n) is 5.07. The summed E-state index contributed by atoms with van der Waals surface area (Å²) in [6.45, 7) is 2.00. The van der Waals surface area contributed by atoms with Crippen molar-refractivity contribution < 1.29 is 4.79 Å². The quantitative estimate of drug-likeness (QED) is 0.455. The lowest BCUT2D eigenvalue weighted by Crippen LogP contribution is -2.33. The predicted octanol–water partition coefficient (Wildman–Crippen LogP) is 3.10. The maximum absolute atomic E-state index is 13.0. The predicted molar refractivity (Wildman–Crippen MR) is 120 cm³/mol. The molecule has 5 aromatic rings. The first kappa shape index (κ1) is 19.8. The molecule has 0 bridgehead atoms. The summed E-state index contributed by atoms with van der Waals surface area (Å²) in [5.74, 6) is -0.467. The Balaban J connectivity index is 1.63. The van der Waals surface area contributed by atoms with E-state index in [1.54, 1.807) is 41.0 Å². The molecule has 0 unspecified atom stereocenters. The highest BCUT2D eigenvalue weighted by atomic mass is 35.5. The molecule has 1 amide bonds. The van der Waals surface area contributed by atoms with Gasteiger partial charge in [-0.05, 0) is 42.3 Å². The van der Waals surface area contributed by atoms with Crippen molar-refractivity contribution >= 4 is 34.2 Å². The van der Waals surface area contributed by atoms with Crippen molar-refractivity contribution in [1.29, 1.82) is 0 Å². The van der Waals surface area contributed by atoms with E-state index in [9.17, 15) is 9.59 Å². The van der Waals surface area contributed by atoms with Crippen LogP contribution < -0.4 is 11.0 Å². The van der Waals surface area contributed by atoms with Gasteiger partial charge in [0.05, 0.1) is 16.8 Å². The van der Waals surface area contributed by atoms with Crippen molar-refractivity contribution in [2.45, 2.75) is 13.3 Å². The number of nitrogens with zero attached hydrogens (tertiary/aromatic N) is 6. The molecule has 4 aromatic heterocycles. The van der Waals surface area contributed by atoms with Crippen molar-refractivity contribution in [3.8, 4) is 11.1 Å². The lowest BCUT2D eigenvalue weighted by Gasteiger charge is -2.09. The Kier molecular flexibility index (Phi) is 4.87. The molecule has 0 saturated heterocycles. The fourth-order valence-electron chi connectivity index (χ4n) is 3.51. The van der Waals surface area contributed by atoms with Gasteiger partial charge in [-0.15, -0.1) is 10.2 Å². The minimum Gasteiger partial charge on any atom is -0.267 e. The van der Waals surface area contributed by atoms with Crippen LogP contribution in [-0.4, -0.2) is 35.4 Å². The van der Waals surface area contributed by atoms with E-state index in [1.165, 1.54) is 12.4 Å². The Labute approximate surface area is 186 Å². The average molecular weight is 446 g/mol. The number of halogens is 1. The normalized spacial score (nSPS) is 11.2. The molecule has 10 heteroatoms. The summed E-state index contributed by atoms with van der Waals surface area (Å²) in [6, 6.07) is 12.3. The largest absolute Gasteiger partial charge is 0.299 e. The number of pyridine rings is 2. The monoisotopic (exact) mass is 445 g/mol. The van der Waals surface area contributed by atoms with Crippen LogP contribution in [0.1, 0.15) is 23.0 Å². The van der Waals surface area contributed by atoms with Gasteiger partial charge < -0.3 is 0 Å². The zero-order valence-electron chi connectivity index (χ0n) is 16.9. The molecule has 0 atom stereocenters. The first-order valence-corrected chi connectivity index (χ1v) is 10.2. The Morgan fingerprint density at radius 1 is 1.12 bits per heavy atom. The molecule has 1 aromatic carbocycles. The summed E-state index contributed by atoms with van der Waals surface area (Å²) < 4.78 is 2.68. The second-order valence-corrected chi connectivity index (χ2v) is 7.46. The lowest BCUT2D eigenvalue weighted by molar-refractivity contribution is 0.101. The summed E-state index contributed by atoms with van der Waals surface area (Å²) in [5.41, 5.74) is 6.03. The van der Waals surface area contributed by atoms with E-state index in [1.807, 2.05) is 19.1 Å². The van der Waals surface area contributed by atoms with Crippen LogP contribution in [-0.2, 0) is 6.42 Å². The number of benzene rings is 1. The second-order valence-electron chi connectivity index (χ2n) is 7.02. The van der Waals surface area contributed by atoms with Crippen molar-refractivity contribution in [2.75, 3.05) is 5.43 Å². The third-order valence-corrected chi connectivity index (χ3v) is 5.32. The van der Waals surface area contributed by atoms with Gasteiger partial charge >= 0.3 is 0 Å². The maximum atomic E-state index is 13.0. The number of aromatic nitrogens is 6. The number of nitrogens with one attached hydrogen (secondary N) is 1. The van der Waals surface area contributed by atoms with E-state index in [0.717, 1.165) is 21.5 Å².